The van der Waals surface area contributed by atoms with Crippen molar-refractivity contribution in [1.29, 1.82) is 0 Å². The van der Waals surface area contributed by atoms with Crippen molar-refractivity contribution in [2.75, 3.05) is 19.8 Å². The predicted molar refractivity (Wildman–Crippen MR) is 253 cm³/mol. The Balaban J connectivity index is 2.23. The standard InChI is InChI=1S/C50H90NO11P/c1-3-5-7-8-9-10-11-12-13-14-15-16-17-18-19-20-21-25-28-31-35-39-48(52)58-41-44(42-59-63(56,57)60-43-45(51)50(54)55)61-49(53)40-36-32-29-26-23-22-24-27-30-34-38-47-46(62-47)37-33-6-4-2/h22,24,26,29-30,34,44-47H,3-21,23,25,27-28,31-33,35-43,51H2,1-2H3,(H,54,55)(H,56,57)/b24-22-,29-26-,34-30-/t44-,45+,46?,47?/m1/s1. The van der Waals surface area contributed by atoms with Crippen LogP contribution in [0.5, 0.6) is 0 Å². The highest BCUT2D eigenvalue weighted by Crippen LogP contribution is 2.43. The molecule has 1 rings (SSSR count). The number of ether oxygens (including phenoxy) is 3. The Morgan fingerprint density at radius 3 is 1.59 bits per heavy atom. The van der Waals surface area contributed by atoms with Crippen LogP contribution in [0.2, 0.25) is 0 Å². The zero-order valence-electron chi connectivity index (χ0n) is 39.6. The normalized spacial score (nSPS) is 17.1. The molecule has 0 radical (unpaired) electrons. The molecule has 12 nitrogen and oxygen atoms in total. The molecule has 1 heterocycles. The summed E-state index contributed by atoms with van der Waals surface area (Å²) in [5.41, 5.74) is 5.34. The fourth-order valence-electron chi connectivity index (χ4n) is 7.27. The molecule has 0 aliphatic carbocycles. The third-order valence-corrected chi connectivity index (χ3v) is 12.3. The number of aliphatic carboxylic acids is 1. The van der Waals surface area contributed by atoms with Crippen molar-refractivity contribution in [2.45, 2.75) is 244 Å². The number of carboxylic acids is 1. The maximum atomic E-state index is 12.7. The largest absolute Gasteiger partial charge is 0.480 e. The van der Waals surface area contributed by atoms with Crippen LogP contribution in [0.25, 0.3) is 0 Å². The minimum Gasteiger partial charge on any atom is -0.480 e. The van der Waals surface area contributed by atoms with Gasteiger partial charge in [0.25, 0.3) is 0 Å². The van der Waals surface area contributed by atoms with E-state index in [1.54, 1.807) is 0 Å². The lowest BCUT2D eigenvalue weighted by atomic mass is 10.0. The van der Waals surface area contributed by atoms with Gasteiger partial charge in [0, 0.05) is 12.8 Å². The van der Waals surface area contributed by atoms with Crippen LogP contribution in [-0.2, 0) is 42.2 Å². The van der Waals surface area contributed by atoms with E-state index in [-0.39, 0.29) is 19.4 Å². The second-order valence-electron chi connectivity index (χ2n) is 17.3. The molecule has 0 saturated carbocycles. The Bertz CT molecular complexity index is 1270. The molecule has 0 aromatic carbocycles. The van der Waals surface area contributed by atoms with Crippen molar-refractivity contribution in [3.8, 4) is 0 Å². The Morgan fingerprint density at radius 1 is 0.587 bits per heavy atom. The molecule has 0 spiro atoms. The molecule has 0 bridgehead atoms. The monoisotopic (exact) mass is 912 g/mol. The number of carbonyl (C=O) groups is 3. The van der Waals surface area contributed by atoms with E-state index in [0.29, 0.717) is 31.5 Å². The molecule has 0 aromatic heterocycles. The smallest absolute Gasteiger partial charge is 0.472 e. The number of phosphoric ester groups is 1. The van der Waals surface area contributed by atoms with Crippen LogP contribution in [0, 0.1) is 0 Å². The van der Waals surface area contributed by atoms with Gasteiger partial charge in [-0.15, -0.1) is 0 Å². The van der Waals surface area contributed by atoms with Gasteiger partial charge in [-0.2, -0.15) is 0 Å². The zero-order valence-corrected chi connectivity index (χ0v) is 40.5. The molecular weight excluding hydrogens is 822 g/mol. The molecule has 0 amide bonds. The van der Waals surface area contributed by atoms with Crippen molar-refractivity contribution in [3.63, 3.8) is 0 Å². The highest BCUT2D eigenvalue weighted by Gasteiger charge is 2.36. The van der Waals surface area contributed by atoms with Crippen LogP contribution in [0.1, 0.15) is 219 Å². The summed E-state index contributed by atoms with van der Waals surface area (Å²) >= 11 is 0. The molecule has 0 aromatic rings. The molecule has 3 unspecified atom stereocenters. The highest BCUT2D eigenvalue weighted by atomic mass is 31.2. The van der Waals surface area contributed by atoms with E-state index in [4.69, 9.17) is 29.6 Å². The summed E-state index contributed by atoms with van der Waals surface area (Å²) in [5.74, 6) is -2.45. The van der Waals surface area contributed by atoms with E-state index in [2.05, 4.69) is 42.7 Å². The number of rotatable bonds is 46. The van der Waals surface area contributed by atoms with Crippen LogP contribution in [0.15, 0.2) is 36.5 Å². The van der Waals surface area contributed by atoms with Gasteiger partial charge in [0.2, 0.25) is 0 Å². The SMILES string of the molecule is CCCCCCCCCCCCCCCCCCCCCCCC(=O)OC[C@H](COP(=O)(O)OC[C@H](N)C(=O)O)OC(=O)CCC/C=C\C/C=C\C/C=C\CC1OC1CCCCC. The van der Waals surface area contributed by atoms with Gasteiger partial charge in [-0.25, -0.2) is 4.57 Å². The van der Waals surface area contributed by atoms with Gasteiger partial charge in [-0.3, -0.25) is 23.4 Å². The Kier molecular flexibility index (Phi) is 38.3. The number of phosphoric acid groups is 1. The third kappa shape index (κ3) is 38.6. The summed E-state index contributed by atoms with van der Waals surface area (Å²) in [7, 11) is -4.74. The van der Waals surface area contributed by atoms with Crippen LogP contribution < -0.4 is 5.73 Å². The van der Waals surface area contributed by atoms with Crippen molar-refractivity contribution in [3.05, 3.63) is 36.5 Å². The number of unbranched alkanes of at least 4 members (excludes halogenated alkanes) is 23. The van der Waals surface area contributed by atoms with E-state index in [0.717, 1.165) is 38.5 Å². The zero-order chi connectivity index (χ0) is 46.1. The molecule has 1 aliphatic rings. The average molecular weight is 912 g/mol. The predicted octanol–water partition coefficient (Wildman–Crippen LogP) is 12.9. The first-order chi connectivity index (χ1) is 30.6. The Morgan fingerprint density at radius 2 is 1.05 bits per heavy atom. The number of nitrogens with two attached hydrogens (primary N) is 1. The number of allylic oxidation sites excluding steroid dienone is 5. The van der Waals surface area contributed by atoms with E-state index in [1.165, 1.54) is 135 Å². The van der Waals surface area contributed by atoms with Gasteiger partial charge in [0.1, 0.15) is 12.6 Å². The first-order valence-corrected chi connectivity index (χ1v) is 26.6. The lowest BCUT2D eigenvalue weighted by molar-refractivity contribution is -0.161. The second kappa shape index (κ2) is 41.1. The van der Waals surface area contributed by atoms with Gasteiger partial charge in [0.05, 0.1) is 25.4 Å². The summed E-state index contributed by atoms with van der Waals surface area (Å²) in [6.45, 7) is 2.75. The maximum Gasteiger partial charge on any atom is 0.472 e. The lowest BCUT2D eigenvalue weighted by Gasteiger charge is -2.20. The fraction of sp³-hybridized carbons (Fsp3) is 0.820. The highest BCUT2D eigenvalue weighted by molar-refractivity contribution is 7.47. The Labute approximate surface area is 382 Å². The summed E-state index contributed by atoms with van der Waals surface area (Å²) < 4.78 is 38.5. The van der Waals surface area contributed by atoms with Crippen LogP contribution >= 0.6 is 7.82 Å². The molecule has 1 fully saturated rings. The van der Waals surface area contributed by atoms with Crippen molar-refractivity contribution < 1.29 is 52.2 Å². The first kappa shape index (κ1) is 58.7. The molecule has 5 atom stereocenters. The number of hydrogen-bond acceptors (Lipinski definition) is 10. The van der Waals surface area contributed by atoms with Crippen molar-refractivity contribution in [2.24, 2.45) is 5.73 Å². The molecule has 1 aliphatic heterocycles. The molecular formula is C50H90NO11P. The van der Waals surface area contributed by atoms with Gasteiger partial charge in [-0.1, -0.05) is 198 Å². The van der Waals surface area contributed by atoms with Crippen LogP contribution in [-0.4, -0.2) is 72.1 Å². The minimum absolute atomic E-state index is 0.0831. The number of esters is 2. The van der Waals surface area contributed by atoms with Crippen molar-refractivity contribution >= 4 is 25.7 Å². The quantitative estimate of drug-likeness (QED) is 0.0173. The topological polar surface area (TPSA) is 184 Å². The van der Waals surface area contributed by atoms with Crippen molar-refractivity contribution in [1.82, 2.24) is 0 Å². The first-order valence-electron chi connectivity index (χ1n) is 25.1. The molecule has 13 heteroatoms. The molecule has 63 heavy (non-hydrogen) atoms. The summed E-state index contributed by atoms with van der Waals surface area (Å²) in [6, 6.07) is -1.53. The van der Waals surface area contributed by atoms with Gasteiger partial charge >= 0.3 is 25.7 Å². The minimum atomic E-state index is -4.74. The van der Waals surface area contributed by atoms with Crippen LogP contribution in [0.4, 0.5) is 0 Å². The van der Waals surface area contributed by atoms with E-state index in [9.17, 15) is 23.8 Å². The van der Waals surface area contributed by atoms with E-state index in [1.807, 2.05) is 12.2 Å². The van der Waals surface area contributed by atoms with Gasteiger partial charge < -0.3 is 29.9 Å². The molecule has 1 saturated heterocycles. The number of hydrogen-bond donors (Lipinski definition) is 3. The summed E-state index contributed by atoms with van der Waals surface area (Å²) in [5, 5.41) is 8.91. The third-order valence-electron chi connectivity index (χ3n) is 11.3. The summed E-state index contributed by atoms with van der Waals surface area (Å²) in [4.78, 5) is 46.1. The fourth-order valence-corrected chi connectivity index (χ4v) is 8.05. The average Bonchev–Trinajstić information content (AvgIpc) is 4.02. The second-order valence-corrected chi connectivity index (χ2v) is 18.8. The van der Waals surface area contributed by atoms with Gasteiger partial charge in [-0.05, 0) is 44.9 Å². The number of carboxylic acid groups (broad SMARTS) is 1. The molecule has 366 valence electrons. The number of epoxide rings is 1. The molecule has 4 N–H and O–H groups in total. The maximum absolute atomic E-state index is 12.7. The summed E-state index contributed by atoms with van der Waals surface area (Å²) in [6.07, 6.45) is 48.2. The van der Waals surface area contributed by atoms with Gasteiger partial charge in [0.15, 0.2) is 6.10 Å². The Hall–Kier alpha value is -2.34. The van der Waals surface area contributed by atoms with E-state index < -0.39 is 51.1 Å². The number of carbonyl (C=O) groups excluding carboxylic acids is 2. The van der Waals surface area contributed by atoms with Crippen LogP contribution in [0.3, 0.4) is 0 Å². The van der Waals surface area contributed by atoms with E-state index >= 15 is 0 Å². The lowest BCUT2D eigenvalue weighted by Crippen LogP contribution is -2.34.